The summed E-state index contributed by atoms with van der Waals surface area (Å²) in [6.07, 6.45) is 0. The van der Waals surface area contributed by atoms with Crippen molar-refractivity contribution >= 4 is 32.7 Å². The molecular weight excluding hydrogens is 292 g/mol. The fourth-order valence-electron chi connectivity index (χ4n) is 1.71. The monoisotopic (exact) mass is 306 g/mol. The molecule has 0 amide bonds. The summed E-state index contributed by atoms with van der Waals surface area (Å²) in [6.45, 7) is 4.48. The van der Waals surface area contributed by atoms with E-state index in [1.807, 2.05) is 44.2 Å². The van der Waals surface area contributed by atoms with Crippen molar-refractivity contribution in [1.82, 2.24) is 0 Å². The van der Waals surface area contributed by atoms with E-state index in [4.69, 9.17) is 4.74 Å². The molecule has 2 rings (SSSR count). The fraction of sp³-hybridized carbons (Fsp3) is 0.267. The third kappa shape index (κ3) is 2.72. The molecule has 3 heteroatoms. The Morgan fingerprint density at radius 3 is 2.67 bits per heavy atom. The van der Waals surface area contributed by atoms with Gasteiger partial charge >= 0.3 is 5.97 Å². The van der Waals surface area contributed by atoms with Crippen molar-refractivity contribution in [2.45, 2.75) is 13.8 Å². The minimum Gasteiger partial charge on any atom is -0.462 e. The van der Waals surface area contributed by atoms with Gasteiger partial charge in [-0.15, -0.1) is 0 Å². The predicted octanol–water partition coefficient (Wildman–Crippen LogP) is 4.42. The number of benzene rings is 2. The number of rotatable bonds is 3. The van der Waals surface area contributed by atoms with Gasteiger partial charge in [-0.1, -0.05) is 44.2 Å². The van der Waals surface area contributed by atoms with E-state index in [0.29, 0.717) is 18.1 Å². The quantitative estimate of drug-likeness (QED) is 0.785. The number of hydrogen-bond donors (Lipinski definition) is 0. The molecule has 0 aliphatic heterocycles. The number of hydrogen-bond acceptors (Lipinski definition) is 2. The molecular formula is C15H15BrO2. The van der Waals surface area contributed by atoms with Gasteiger partial charge in [-0.25, -0.2) is 4.79 Å². The smallest absolute Gasteiger partial charge is 0.339 e. The van der Waals surface area contributed by atoms with E-state index in [9.17, 15) is 4.79 Å². The topological polar surface area (TPSA) is 26.3 Å². The summed E-state index contributed by atoms with van der Waals surface area (Å²) >= 11 is 3.49. The maximum absolute atomic E-state index is 12.0. The van der Waals surface area contributed by atoms with E-state index in [-0.39, 0.29) is 5.97 Å². The second kappa shape index (κ2) is 5.53. The molecule has 0 aliphatic rings. The molecule has 2 aromatic carbocycles. The molecule has 0 aromatic heterocycles. The van der Waals surface area contributed by atoms with Crippen LogP contribution in [0.3, 0.4) is 0 Å². The van der Waals surface area contributed by atoms with E-state index in [1.54, 1.807) is 6.07 Å². The van der Waals surface area contributed by atoms with Crippen molar-refractivity contribution in [1.29, 1.82) is 0 Å². The van der Waals surface area contributed by atoms with Gasteiger partial charge in [-0.3, -0.25) is 0 Å². The molecule has 2 aromatic rings. The van der Waals surface area contributed by atoms with Crippen LogP contribution in [-0.2, 0) is 4.74 Å². The Hall–Kier alpha value is -1.35. The van der Waals surface area contributed by atoms with Crippen molar-refractivity contribution in [3.8, 4) is 0 Å². The van der Waals surface area contributed by atoms with Crippen molar-refractivity contribution in [2.24, 2.45) is 5.92 Å². The lowest BCUT2D eigenvalue weighted by Gasteiger charge is -2.10. The molecule has 0 radical (unpaired) electrons. The molecule has 18 heavy (non-hydrogen) atoms. The highest BCUT2D eigenvalue weighted by atomic mass is 79.9. The van der Waals surface area contributed by atoms with Crippen LogP contribution in [0.15, 0.2) is 40.9 Å². The molecule has 0 fully saturated rings. The first-order valence-corrected chi connectivity index (χ1v) is 6.73. The van der Waals surface area contributed by atoms with Crippen LogP contribution < -0.4 is 0 Å². The van der Waals surface area contributed by atoms with Crippen LogP contribution in [0, 0.1) is 5.92 Å². The van der Waals surface area contributed by atoms with Crippen LogP contribution >= 0.6 is 15.9 Å². The number of esters is 1. The van der Waals surface area contributed by atoms with Gasteiger partial charge in [-0.2, -0.15) is 0 Å². The van der Waals surface area contributed by atoms with Gasteiger partial charge < -0.3 is 4.74 Å². The van der Waals surface area contributed by atoms with Gasteiger partial charge in [0, 0.05) is 4.47 Å². The average molecular weight is 307 g/mol. The highest BCUT2D eigenvalue weighted by molar-refractivity contribution is 9.10. The van der Waals surface area contributed by atoms with Gasteiger partial charge in [-0.05, 0) is 38.7 Å². The van der Waals surface area contributed by atoms with Gasteiger partial charge in [0.05, 0.1) is 12.2 Å². The standard InChI is InChI=1S/C15H15BrO2/c1-10(2)9-18-15(17)13-8-7-11-5-3-4-6-12(11)14(13)16/h3-8,10H,9H2,1-2H3. The Bertz CT molecular complexity index is 576. The summed E-state index contributed by atoms with van der Waals surface area (Å²) in [5.41, 5.74) is 0.578. The van der Waals surface area contributed by atoms with Crippen LogP contribution in [-0.4, -0.2) is 12.6 Å². The largest absolute Gasteiger partial charge is 0.462 e. The van der Waals surface area contributed by atoms with Crippen molar-refractivity contribution < 1.29 is 9.53 Å². The number of carbonyl (C=O) groups excluding carboxylic acids is 1. The lowest BCUT2D eigenvalue weighted by Crippen LogP contribution is -2.10. The van der Waals surface area contributed by atoms with Crippen molar-refractivity contribution in [3.05, 3.63) is 46.4 Å². The first-order valence-electron chi connectivity index (χ1n) is 5.94. The second-order valence-corrected chi connectivity index (χ2v) is 5.43. The normalized spacial score (nSPS) is 10.9. The molecule has 0 spiro atoms. The lowest BCUT2D eigenvalue weighted by atomic mass is 10.1. The highest BCUT2D eigenvalue weighted by Gasteiger charge is 2.14. The molecule has 0 aliphatic carbocycles. The fourth-order valence-corrected chi connectivity index (χ4v) is 2.37. The molecule has 94 valence electrons. The highest BCUT2D eigenvalue weighted by Crippen LogP contribution is 2.28. The van der Waals surface area contributed by atoms with Crippen LogP contribution in [0.25, 0.3) is 10.8 Å². The Morgan fingerprint density at radius 1 is 1.22 bits per heavy atom. The minimum atomic E-state index is -0.277. The van der Waals surface area contributed by atoms with Gasteiger partial charge in [0.15, 0.2) is 0 Å². The first-order chi connectivity index (χ1) is 8.59. The summed E-state index contributed by atoms with van der Waals surface area (Å²) < 4.78 is 6.05. The number of halogens is 1. The maximum atomic E-state index is 12.0. The number of carbonyl (C=O) groups is 1. The molecule has 2 nitrogen and oxygen atoms in total. The van der Waals surface area contributed by atoms with Crippen molar-refractivity contribution in [2.75, 3.05) is 6.61 Å². The molecule has 0 saturated heterocycles. The summed E-state index contributed by atoms with van der Waals surface area (Å²) in [4.78, 5) is 12.0. The van der Waals surface area contributed by atoms with Crippen LogP contribution in [0.5, 0.6) is 0 Å². The zero-order valence-electron chi connectivity index (χ0n) is 10.4. The first kappa shape index (κ1) is 13.1. The summed E-state index contributed by atoms with van der Waals surface area (Å²) in [6, 6.07) is 11.7. The summed E-state index contributed by atoms with van der Waals surface area (Å²) in [7, 11) is 0. The molecule has 0 unspecified atom stereocenters. The van der Waals surface area contributed by atoms with E-state index in [0.717, 1.165) is 15.2 Å². The maximum Gasteiger partial charge on any atom is 0.339 e. The Balaban J connectivity index is 2.34. The van der Waals surface area contributed by atoms with Crippen LogP contribution in [0.1, 0.15) is 24.2 Å². The van der Waals surface area contributed by atoms with E-state index < -0.39 is 0 Å². The van der Waals surface area contributed by atoms with E-state index in [1.165, 1.54) is 0 Å². The third-order valence-corrected chi connectivity index (χ3v) is 3.49. The number of fused-ring (bicyclic) bond motifs is 1. The average Bonchev–Trinajstić information content (AvgIpc) is 2.37. The van der Waals surface area contributed by atoms with Crippen LogP contribution in [0.2, 0.25) is 0 Å². The second-order valence-electron chi connectivity index (χ2n) is 4.64. The van der Waals surface area contributed by atoms with E-state index >= 15 is 0 Å². The lowest BCUT2D eigenvalue weighted by molar-refractivity contribution is 0.0458. The van der Waals surface area contributed by atoms with Gasteiger partial charge in [0.2, 0.25) is 0 Å². The minimum absolute atomic E-state index is 0.277. The Kier molecular flexibility index (Phi) is 4.02. The number of ether oxygens (including phenoxy) is 1. The van der Waals surface area contributed by atoms with Gasteiger partial charge in [0.1, 0.15) is 0 Å². The Labute approximate surface area is 115 Å². The zero-order chi connectivity index (χ0) is 13.1. The SMILES string of the molecule is CC(C)COC(=O)c1ccc2ccccc2c1Br. The van der Waals surface area contributed by atoms with Crippen molar-refractivity contribution in [3.63, 3.8) is 0 Å². The predicted molar refractivity (Wildman–Crippen MR) is 76.8 cm³/mol. The summed E-state index contributed by atoms with van der Waals surface area (Å²) in [5.74, 6) is 0.0644. The zero-order valence-corrected chi connectivity index (χ0v) is 12.0. The third-order valence-electron chi connectivity index (χ3n) is 2.63. The Morgan fingerprint density at radius 2 is 1.94 bits per heavy atom. The molecule has 0 N–H and O–H groups in total. The molecule has 0 bridgehead atoms. The molecule has 0 saturated carbocycles. The summed E-state index contributed by atoms with van der Waals surface area (Å²) in [5, 5.41) is 2.13. The molecule has 0 atom stereocenters. The molecule has 0 heterocycles. The van der Waals surface area contributed by atoms with Gasteiger partial charge in [0.25, 0.3) is 0 Å². The van der Waals surface area contributed by atoms with E-state index in [2.05, 4.69) is 15.9 Å². The van der Waals surface area contributed by atoms with Crippen LogP contribution in [0.4, 0.5) is 0 Å².